The quantitative estimate of drug-likeness (QED) is 0.0266. The van der Waals surface area contributed by atoms with Crippen molar-refractivity contribution in [1.82, 2.24) is 0 Å². The van der Waals surface area contributed by atoms with Gasteiger partial charge in [-0.05, 0) is 38.5 Å². The van der Waals surface area contributed by atoms with Crippen LogP contribution in [0.3, 0.4) is 0 Å². The maximum absolute atomic E-state index is 12.6. The van der Waals surface area contributed by atoms with Crippen LogP contribution in [0.15, 0.2) is 12.2 Å². The van der Waals surface area contributed by atoms with Crippen molar-refractivity contribution in [2.75, 3.05) is 13.2 Å². The first-order valence-corrected chi connectivity index (χ1v) is 23.7. The molecule has 6 nitrogen and oxygen atoms in total. The van der Waals surface area contributed by atoms with E-state index in [0.29, 0.717) is 19.3 Å². The van der Waals surface area contributed by atoms with Crippen LogP contribution in [-0.4, -0.2) is 37.2 Å². The smallest absolute Gasteiger partial charge is 0.306 e. The number of hydrogen-bond acceptors (Lipinski definition) is 6. The number of carbonyl (C=O) groups is 3. The van der Waals surface area contributed by atoms with Gasteiger partial charge in [-0.25, -0.2) is 0 Å². The molecule has 0 aromatic rings. The van der Waals surface area contributed by atoms with Crippen LogP contribution < -0.4 is 0 Å². The van der Waals surface area contributed by atoms with Crippen molar-refractivity contribution in [3.8, 4) is 0 Å². The molecule has 318 valence electrons. The molecule has 0 bridgehead atoms. The topological polar surface area (TPSA) is 78.9 Å². The predicted molar refractivity (Wildman–Crippen MR) is 229 cm³/mol. The van der Waals surface area contributed by atoms with Gasteiger partial charge in [-0.15, -0.1) is 0 Å². The Labute approximate surface area is 335 Å². The number of unbranched alkanes of at least 4 members (excludes halogenated alkanes) is 30. The fraction of sp³-hybridized carbons (Fsp3) is 0.896. The molecule has 0 aliphatic heterocycles. The number of carbonyl (C=O) groups excluding carboxylic acids is 3. The van der Waals surface area contributed by atoms with Crippen LogP contribution in [0.2, 0.25) is 0 Å². The number of hydrogen-bond donors (Lipinski definition) is 0. The summed E-state index contributed by atoms with van der Waals surface area (Å²) in [5.41, 5.74) is 0. The van der Waals surface area contributed by atoms with Gasteiger partial charge in [0.15, 0.2) is 6.10 Å². The van der Waals surface area contributed by atoms with Gasteiger partial charge in [0.05, 0.1) is 0 Å². The lowest BCUT2D eigenvalue weighted by Gasteiger charge is -2.18. The molecule has 0 spiro atoms. The van der Waals surface area contributed by atoms with Crippen molar-refractivity contribution in [2.24, 2.45) is 0 Å². The first-order chi connectivity index (χ1) is 26.5. The predicted octanol–water partition coefficient (Wildman–Crippen LogP) is 15.0. The Balaban J connectivity index is 4.15. The van der Waals surface area contributed by atoms with Gasteiger partial charge < -0.3 is 14.2 Å². The van der Waals surface area contributed by atoms with Crippen LogP contribution in [0.4, 0.5) is 0 Å². The summed E-state index contributed by atoms with van der Waals surface area (Å²) in [6.07, 6.45) is 46.5. The van der Waals surface area contributed by atoms with Crippen LogP contribution in [-0.2, 0) is 28.6 Å². The molecule has 0 aliphatic carbocycles. The highest BCUT2D eigenvalue weighted by atomic mass is 16.6. The minimum Gasteiger partial charge on any atom is -0.462 e. The van der Waals surface area contributed by atoms with E-state index in [1.54, 1.807) is 0 Å². The second kappa shape index (κ2) is 43.9. The summed E-state index contributed by atoms with van der Waals surface area (Å²) < 4.78 is 16.6. The summed E-state index contributed by atoms with van der Waals surface area (Å²) in [5, 5.41) is 0. The second-order valence-electron chi connectivity index (χ2n) is 16.0. The standard InChI is InChI=1S/C48H90O6/c1-4-7-10-13-16-18-20-21-22-23-24-25-26-27-28-30-32-35-38-41-47(50)53-44-45(43-52-46(49)40-37-34-31-15-12-9-6-3)54-48(51)42-39-36-33-29-19-17-14-11-8-5-2/h11,14,45H,4-10,12-13,15-44H2,1-3H3/b14-11-. The second-order valence-corrected chi connectivity index (χ2v) is 16.0. The van der Waals surface area contributed by atoms with Crippen molar-refractivity contribution in [2.45, 2.75) is 264 Å². The Hall–Kier alpha value is -1.85. The molecule has 0 amide bonds. The molecule has 1 unspecified atom stereocenters. The van der Waals surface area contributed by atoms with Crippen molar-refractivity contribution in [1.29, 1.82) is 0 Å². The maximum atomic E-state index is 12.6. The van der Waals surface area contributed by atoms with E-state index in [9.17, 15) is 14.4 Å². The number of ether oxygens (including phenoxy) is 3. The van der Waals surface area contributed by atoms with E-state index in [4.69, 9.17) is 14.2 Å². The van der Waals surface area contributed by atoms with Gasteiger partial charge in [0.25, 0.3) is 0 Å². The van der Waals surface area contributed by atoms with Gasteiger partial charge in [-0.1, -0.05) is 213 Å². The van der Waals surface area contributed by atoms with Gasteiger partial charge in [0.1, 0.15) is 13.2 Å². The molecule has 6 heteroatoms. The summed E-state index contributed by atoms with van der Waals surface area (Å²) in [4.78, 5) is 37.6. The van der Waals surface area contributed by atoms with Crippen LogP contribution in [0.5, 0.6) is 0 Å². The van der Waals surface area contributed by atoms with Crippen LogP contribution in [0, 0.1) is 0 Å². The van der Waals surface area contributed by atoms with Crippen LogP contribution in [0.1, 0.15) is 258 Å². The monoisotopic (exact) mass is 763 g/mol. The largest absolute Gasteiger partial charge is 0.462 e. The number of esters is 3. The molecule has 0 saturated carbocycles. The lowest BCUT2D eigenvalue weighted by Crippen LogP contribution is -2.30. The lowest BCUT2D eigenvalue weighted by molar-refractivity contribution is -0.167. The first kappa shape index (κ1) is 52.2. The summed E-state index contributed by atoms with van der Waals surface area (Å²) in [6, 6.07) is 0. The number of allylic oxidation sites excluding steroid dienone is 2. The van der Waals surface area contributed by atoms with E-state index >= 15 is 0 Å². The van der Waals surface area contributed by atoms with E-state index in [1.807, 2.05) is 0 Å². The van der Waals surface area contributed by atoms with Crippen molar-refractivity contribution in [3.63, 3.8) is 0 Å². The molecule has 0 radical (unpaired) electrons. The van der Waals surface area contributed by atoms with Gasteiger partial charge in [-0.2, -0.15) is 0 Å². The maximum Gasteiger partial charge on any atom is 0.306 e. The molecule has 0 aromatic heterocycles. The highest BCUT2D eigenvalue weighted by molar-refractivity contribution is 5.71. The summed E-state index contributed by atoms with van der Waals surface area (Å²) >= 11 is 0. The molecule has 0 heterocycles. The zero-order valence-corrected chi connectivity index (χ0v) is 36.3. The zero-order chi connectivity index (χ0) is 39.4. The fourth-order valence-electron chi connectivity index (χ4n) is 6.92. The molecule has 1 atom stereocenters. The molecule has 0 rings (SSSR count). The van der Waals surface area contributed by atoms with Crippen molar-refractivity contribution < 1.29 is 28.6 Å². The zero-order valence-electron chi connectivity index (χ0n) is 36.3. The van der Waals surface area contributed by atoms with Gasteiger partial charge in [-0.3, -0.25) is 14.4 Å². The third-order valence-corrected chi connectivity index (χ3v) is 10.5. The fourth-order valence-corrected chi connectivity index (χ4v) is 6.92. The van der Waals surface area contributed by atoms with Crippen LogP contribution in [0.25, 0.3) is 0 Å². The molecule has 0 N–H and O–H groups in total. The highest BCUT2D eigenvalue weighted by Gasteiger charge is 2.19. The summed E-state index contributed by atoms with van der Waals surface area (Å²) in [6.45, 7) is 6.55. The molecule has 0 aromatic carbocycles. The average molecular weight is 763 g/mol. The number of rotatable bonds is 43. The molecular formula is C48H90O6. The Morgan fingerprint density at radius 1 is 0.352 bits per heavy atom. The van der Waals surface area contributed by atoms with Crippen LogP contribution >= 0.6 is 0 Å². The summed E-state index contributed by atoms with van der Waals surface area (Å²) in [7, 11) is 0. The average Bonchev–Trinajstić information content (AvgIpc) is 3.17. The Morgan fingerprint density at radius 3 is 1.00 bits per heavy atom. The SMILES string of the molecule is CCC/C=C\CCCCCCCC(=O)OC(COC(=O)CCCCCCCCC)COC(=O)CCCCCCCCCCCCCCCCCCCCC. The highest BCUT2D eigenvalue weighted by Crippen LogP contribution is 2.16. The van der Waals surface area contributed by atoms with Crippen molar-refractivity contribution >= 4 is 17.9 Å². The van der Waals surface area contributed by atoms with E-state index in [-0.39, 0.29) is 31.1 Å². The molecule has 0 saturated heterocycles. The van der Waals surface area contributed by atoms with E-state index in [1.165, 1.54) is 141 Å². The normalized spacial score (nSPS) is 12.0. The Kier molecular flexibility index (Phi) is 42.4. The Morgan fingerprint density at radius 2 is 0.648 bits per heavy atom. The van der Waals surface area contributed by atoms with Gasteiger partial charge in [0, 0.05) is 19.3 Å². The van der Waals surface area contributed by atoms with E-state index < -0.39 is 6.10 Å². The third kappa shape index (κ3) is 41.3. The minimum absolute atomic E-state index is 0.0695. The molecule has 0 aliphatic rings. The first-order valence-electron chi connectivity index (χ1n) is 23.7. The van der Waals surface area contributed by atoms with Gasteiger partial charge in [0.2, 0.25) is 0 Å². The van der Waals surface area contributed by atoms with Gasteiger partial charge >= 0.3 is 17.9 Å². The minimum atomic E-state index is -0.764. The molecule has 0 fully saturated rings. The lowest BCUT2D eigenvalue weighted by atomic mass is 10.0. The van der Waals surface area contributed by atoms with E-state index in [0.717, 1.165) is 77.0 Å². The Bertz CT molecular complexity index is 839. The summed E-state index contributed by atoms with van der Waals surface area (Å²) in [5.74, 6) is -0.878. The van der Waals surface area contributed by atoms with Crippen molar-refractivity contribution in [3.05, 3.63) is 12.2 Å². The molecular weight excluding hydrogens is 673 g/mol. The molecule has 54 heavy (non-hydrogen) atoms. The third-order valence-electron chi connectivity index (χ3n) is 10.5. The van der Waals surface area contributed by atoms with E-state index in [2.05, 4.69) is 32.9 Å².